The van der Waals surface area contributed by atoms with Crippen molar-refractivity contribution in [3.8, 4) is 0 Å². The van der Waals surface area contributed by atoms with E-state index in [0.717, 1.165) is 24.5 Å². The Morgan fingerprint density at radius 2 is 2.50 bits per heavy atom. The lowest BCUT2D eigenvalue weighted by Gasteiger charge is -2.23. The zero-order valence-electron chi connectivity index (χ0n) is 9.70. The van der Waals surface area contributed by atoms with E-state index in [9.17, 15) is 4.79 Å². The van der Waals surface area contributed by atoms with E-state index in [1.807, 2.05) is 24.8 Å². The van der Waals surface area contributed by atoms with E-state index in [-0.39, 0.29) is 24.4 Å². The first-order chi connectivity index (χ1) is 7.22. The molecule has 0 aromatic heterocycles. The zero-order valence-corrected chi connectivity index (χ0v) is 11.3. The van der Waals surface area contributed by atoms with Gasteiger partial charge in [0.15, 0.2) is 0 Å². The van der Waals surface area contributed by atoms with Crippen molar-refractivity contribution in [2.75, 3.05) is 18.1 Å². The Morgan fingerprint density at radius 3 is 3.06 bits per heavy atom. The number of hydrogen-bond acceptors (Lipinski definition) is 3. The lowest BCUT2D eigenvalue weighted by molar-refractivity contribution is -0.122. The van der Waals surface area contributed by atoms with Gasteiger partial charge in [-0.05, 0) is 13.3 Å². The van der Waals surface area contributed by atoms with E-state index >= 15 is 0 Å². The second-order valence-electron chi connectivity index (χ2n) is 3.92. The smallest absolute Gasteiger partial charge is 0.221 e. The van der Waals surface area contributed by atoms with Crippen molar-refractivity contribution in [2.45, 2.75) is 31.8 Å². The Morgan fingerprint density at radius 1 is 1.75 bits per heavy atom. The lowest BCUT2D eigenvalue weighted by atomic mass is 10.2. The topological polar surface area (TPSA) is 41.1 Å². The number of nitrogens with one attached hydrogen (secondary N) is 2. The Kier molecular flexibility index (Phi) is 8.80. The van der Waals surface area contributed by atoms with Gasteiger partial charge in [-0.3, -0.25) is 4.79 Å². The third-order valence-corrected chi connectivity index (χ3v) is 3.49. The number of rotatable bonds is 5. The van der Waals surface area contributed by atoms with E-state index in [2.05, 4.69) is 17.2 Å². The van der Waals surface area contributed by atoms with Crippen LogP contribution >= 0.6 is 24.2 Å². The van der Waals surface area contributed by atoms with Crippen LogP contribution in [0.5, 0.6) is 0 Å². The molecule has 2 unspecified atom stereocenters. The van der Waals surface area contributed by atoms with Crippen molar-refractivity contribution in [3.63, 3.8) is 0 Å². The molecule has 0 spiro atoms. The van der Waals surface area contributed by atoms with Gasteiger partial charge in [0.1, 0.15) is 0 Å². The highest BCUT2D eigenvalue weighted by Crippen LogP contribution is 2.10. The molecule has 94 valence electrons. The standard InChI is InChI=1S/C11H20N2OS.ClH/c1-3-4-9(2)13-11(14)7-10-8-15-6-5-12-10;/h3,9-10,12H,1,4-8H2,2H3,(H,13,14);1H. The Balaban J connectivity index is 0.00000225. The van der Waals surface area contributed by atoms with E-state index in [4.69, 9.17) is 0 Å². The highest BCUT2D eigenvalue weighted by molar-refractivity contribution is 7.99. The molecule has 16 heavy (non-hydrogen) atoms. The van der Waals surface area contributed by atoms with Crippen LogP contribution in [0.4, 0.5) is 0 Å². The van der Waals surface area contributed by atoms with Crippen LogP contribution in [0.25, 0.3) is 0 Å². The summed E-state index contributed by atoms with van der Waals surface area (Å²) in [5.74, 6) is 2.35. The van der Waals surface area contributed by atoms with Crippen molar-refractivity contribution in [1.82, 2.24) is 10.6 Å². The number of hydrogen-bond donors (Lipinski definition) is 2. The van der Waals surface area contributed by atoms with Crippen LogP contribution in [0.15, 0.2) is 12.7 Å². The van der Waals surface area contributed by atoms with Crippen molar-refractivity contribution in [3.05, 3.63) is 12.7 Å². The molecule has 1 aliphatic rings. The molecule has 0 aromatic rings. The van der Waals surface area contributed by atoms with Gasteiger partial charge in [0.2, 0.25) is 5.91 Å². The van der Waals surface area contributed by atoms with E-state index < -0.39 is 0 Å². The van der Waals surface area contributed by atoms with Crippen LogP contribution in [0, 0.1) is 0 Å². The molecular weight excluding hydrogens is 244 g/mol. The molecule has 1 amide bonds. The fourth-order valence-corrected chi connectivity index (χ4v) is 2.57. The van der Waals surface area contributed by atoms with Gasteiger partial charge in [-0.15, -0.1) is 19.0 Å². The molecule has 0 bridgehead atoms. The van der Waals surface area contributed by atoms with Gasteiger partial charge in [0, 0.05) is 36.6 Å². The van der Waals surface area contributed by atoms with Gasteiger partial charge in [-0.1, -0.05) is 6.08 Å². The van der Waals surface area contributed by atoms with E-state index in [1.165, 1.54) is 0 Å². The summed E-state index contributed by atoms with van der Waals surface area (Å²) in [4.78, 5) is 11.6. The molecule has 2 N–H and O–H groups in total. The van der Waals surface area contributed by atoms with Crippen molar-refractivity contribution >= 4 is 30.1 Å². The maximum atomic E-state index is 11.6. The van der Waals surface area contributed by atoms with Crippen LogP contribution in [0.2, 0.25) is 0 Å². The first-order valence-corrected chi connectivity index (χ1v) is 6.59. The molecule has 1 saturated heterocycles. The van der Waals surface area contributed by atoms with Crippen LogP contribution < -0.4 is 10.6 Å². The molecule has 2 atom stereocenters. The SMILES string of the molecule is C=CCC(C)NC(=O)CC1CSCCN1.Cl. The minimum atomic E-state index is 0. The fraction of sp³-hybridized carbons (Fsp3) is 0.727. The summed E-state index contributed by atoms with van der Waals surface area (Å²) in [5.41, 5.74) is 0. The summed E-state index contributed by atoms with van der Waals surface area (Å²) < 4.78 is 0. The number of carbonyl (C=O) groups excluding carboxylic acids is 1. The molecule has 0 radical (unpaired) electrons. The maximum Gasteiger partial charge on any atom is 0.221 e. The number of halogens is 1. The summed E-state index contributed by atoms with van der Waals surface area (Å²) in [7, 11) is 0. The van der Waals surface area contributed by atoms with Gasteiger partial charge < -0.3 is 10.6 Å². The predicted octanol–water partition coefficient (Wildman–Crippen LogP) is 1.58. The van der Waals surface area contributed by atoms with Crippen LogP contribution in [0.3, 0.4) is 0 Å². The third kappa shape index (κ3) is 6.40. The molecule has 3 nitrogen and oxygen atoms in total. The molecule has 0 saturated carbocycles. The normalized spacial score (nSPS) is 21.7. The Labute approximate surface area is 108 Å². The Hall–Kier alpha value is -0.190. The van der Waals surface area contributed by atoms with E-state index in [1.54, 1.807) is 0 Å². The van der Waals surface area contributed by atoms with Crippen molar-refractivity contribution < 1.29 is 4.79 Å². The van der Waals surface area contributed by atoms with Crippen molar-refractivity contribution in [2.24, 2.45) is 0 Å². The average Bonchev–Trinajstić information content (AvgIpc) is 2.19. The third-order valence-electron chi connectivity index (χ3n) is 2.36. The second-order valence-corrected chi connectivity index (χ2v) is 5.07. The minimum Gasteiger partial charge on any atom is -0.353 e. The number of thioether (sulfide) groups is 1. The Bertz CT molecular complexity index is 220. The highest BCUT2D eigenvalue weighted by Gasteiger charge is 2.17. The van der Waals surface area contributed by atoms with Crippen LogP contribution in [-0.2, 0) is 4.79 Å². The van der Waals surface area contributed by atoms with Crippen molar-refractivity contribution in [1.29, 1.82) is 0 Å². The first-order valence-electron chi connectivity index (χ1n) is 5.43. The summed E-state index contributed by atoms with van der Waals surface area (Å²) in [6, 6.07) is 0.547. The van der Waals surface area contributed by atoms with Gasteiger partial charge >= 0.3 is 0 Å². The van der Waals surface area contributed by atoms with Crippen LogP contribution in [0.1, 0.15) is 19.8 Å². The summed E-state index contributed by atoms with van der Waals surface area (Å²) in [5, 5.41) is 6.32. The molecule has 0 aliphatic carbocycles. The fourth-order valence-electron chi connectivity index (χ4n) is 1.62. The van der Waals surface area contributed by atoms with Gasteiger partial charge in [0.05, 0.1) is 0 Å². The van der Waals surface area contributed by atoms with Gasteiger partial charge in [0.25, 0.3) is 0 Å². The van der Waals surface area contributed by atoms with E-state index in [0.29, 0.717) is 12.5 Å². The second kappa shape index (κ2) is 8.90. The van der Waals surface area contributed by atoms with Gasteiger partial charge in [-0.2, -0.15) is 11.8 Å². The summed E-state index contributed by atoms with van der Waals surface area (Å²) in [6.07, 6.45) is 3.26. The largest absolute Gasteiger partial charge is 0.353 e. The average molecular weight is 265 g/mol. The predicted molar refractivity (Wildman–Crippen MR) is 73.4 cm³/mol. The minimum absolute atomic E-state index is 0. The molecule has 1 heterocycles. The summed E-state index contributed by atoms with van der Waals surface area (Å²) in [6.45, 7) is 6.68. The highest BCUT2D eigenvalue weighted by atomic mass is 35.5. The number of amides is 1. The van der Waals surface area contributed by atoms with Gasteiger partial charge in [-0.25, -0.2) is 0 Å². The molecule has 0 aromatic carbocycles. The molecule has 1 fully saturated rings. The summed E-state index contributed by atoms with van der Waals surface area (Å²) >= 11 is 1.92. The monoisotopic (exact) mass is 264 g/mol. The molecule has 1 rings (SSSR count). The molecular formula is C11H21ClN2OS. The molecule has 5 heteroatoms. The quantitative estimate of drug-likeness (QED) is 0.741. The molecule has 1 aliphatic heterocycles. The lowest BCUT2D eigenvalue weighted by Crippen LogP contribution is -2.42. The van der Waals surface area contributed by atoms with Crippen LogP contribution in [-0.4, -0.2) is 36.0 Å². The zero-order chi connectivity index (χ0) is 11.1. The maximum absolute atomic E-state index is 11.6. The number of carbonyl (C=O) groups is 1. The first kappa shape index (κ1) is 15.8.